The third kappa shape index (κ3) is 3.92. The molecule has 0 spiro atoms. The van der Waals surface area contributed by atoms with Gasteiger partial charge in [-0.1, -0.05) is 0 Å². The number of hydrogen-bond acceptors (Lipinski definition) is 4. The Morgan fingerprint density at radius 2 is 2.00 bits per heavy atom. The van der Waals surface area contributed by atoms with Crippen molar-refractivity contribution in [3.8, 4) is 5.75 Å². The molecule has 21 heavy (non-hydrogen) atoms. The van der Waals surface area contributed by atoms with Crippen LogP contribution in [0.2, 0.25) is 0 Å². The summed E-state index contributed by atoms with van der Waals surface area (Å²) in [5.41, 5.74) is 6.12. The number of pyridine rings is 1. The number of amides is 1. The number of carbonyl (C=O) groups excluding carboxylic acids is 1. The Bertz CT molecular complexity index is 642. The highest BCUT2D eigenvalue weighted by atomic mass is 19.1. The van der Waals surface area contributed by atoms with E-state index in [1.165, 1.54) is 0 Å². The van der Waals surface area contributed by atoms with Crippen molar-refractivity contribution in [3.05, 3.63) is 47.9 Å². The smallest absolute Gasteiger partial charge is 0.259 e. The molecule has 1 aromatic carbocycles. The maximum absolute atomic E-state index is 13.1. The van der Waals surface area contributed by atoms with Crippen LogP contribution in [-0.4, -0.2) is 17.0 Å². The molecule has 0 fully saturated rings. The molecule has 3 N–H and O–H groups in total. The average Bonchev–Trinajstić information content (AvgIpc) is 2.43. The largest absolute Gasteiger partial charge is 0.491 e. The first-order valence-corrected chi connectivity index (χ1v) is 6.45. The van der Waals surface area contributed by atoms with Gasteiger partial charge < -0.3 is 15.8 Å². The maximum Gasteiger partial charge on any atom is 0.259 e. The van der Waals surface area contributed by atoms with Crippen molar-refractivity contribution >= 4 is 17.4 Å². The van der Waals surface area contributed by atoms with Gasteiger partial charge in [-0.25, -0.2) is 9.37 Å². The Kier molecular flexibility index (Phi) is 4.37. The molecule has 5 nitrogen and oxygen atoms in total. The molecule has 2 aromatic rings. The summed E-state index contributed by atoms with van der Waals surface area (Å²) in [6.07, 6.45) is 1.04. The molecular weight excluding hydrogens is 273 g/mol. The SMILES string of the molecule is CC(C)Oc1ccc(NC(=O)c2cc(F)cnc2N)cc1. The molecule has 2 rings (SSSR count). The number of aromatic nitrogens is 1. The van der Waals surface area contributed by atoms with Crippen molar-refractivity contribution in [1.29, 1.82) is 0 Å². The number of nitrogens with zero attached hydrogens (tertiary/aromatic N) is 1. The second kappa shape index (κ2) is 6.21. The van der Waals surface area contributed by atoms with E-state index in [0.29, 0.717) is 11.4 Å². The van der Waals surface area contributed by atoms with Crippen LogP contribution in [-0.2, 0) is 0 Å². The second-order valence-electron chi connectivity index (χ2n) is 4.73. The van der Waals surface area contributed by atoms with Crippen LogP contribution in [0.4, 0.5) is 15.9 Å². The molecule has 0 aliphatic rings. The summed E-state index contributed by atoms with van der Waals surface area (Å²) < 4.78 is 18.6. The summed E-state index contributed by atoms with van der Waals surface area (Å²) in [5, 5.41) is 2.63. The van der Waals surface area contributed by atoms with Crippen molar-refractivity contribution in [2.75, 3.05) is 11.1 Å². The molecule has 0 unspecified atom stereocenters. The molecule has 0 atom stereocenters. The van der Waals surface area contributed by atoms with E-state index < -0.39 is 11.7 Å². The molecule has 0 aliphatic carbocycles. The first kappa shape index (κ1) is 14.8. The minimum absolute atomic E-state index is 0.00231. The lowest BCUT2D eigenvalue weighted by Gasteiger charge is -2.11. The van der Waals surface area contributed by atoms with Gasteiger partial charge in [-0.05, 0) is 44.2 Å². The van der Waals surface area contributed by atoms with Gasteiger partial charge in [0.15, 0.2) is 0 Å². The summed E-state index contributed by atoms with van der Waals surface area (Å²) in [6, 6.07) is 7.91. The van der Waals surface area contributed by atoms with E-state index in [-0.39, 0.29) is 17.5 Å². The zero-order valence-electron chi connectivity index (χ0n) is 11.8. The van der Waals surface area contributed by atoms with E-state index in [2.05, 4.69) is 10.3 Å². The molecule has 1 heterocycles. The van der Waals surface area contributed by atoms with Crippen LogP contribution >= 0.6 is 0 Å². The van der Waals surface area contributed by atoms with Crippen molar-refractivity contribution in [2.24, 2.45) is 0 Å². The maximum atomic E-state index is 13.1. The minimum Gasteiger partial charge on any atom is -0.491 e. The lowest BCUT2D eigenvalue weighted by Crippen LogP contribution is -2.15. The number of nitrogens with one attached hydrogen (secondary N) is 1. The highest BCUT2D eigenvalue weighted by molar-refractivity contribution is 6.07. The molecule has 0 bridgehead atoms. The van der Waals surface area contributed by atoms with Gasteiger partial charge in [0.1, 0.15) is 17.4 Å². The molecule has 6 heteroatoms. The van der Waals surface area contributed by atoms with Gasteiger partial charge in [-0.15, -0.1) is 0 Å². The van der Waals surface area contributed by atoms with Gasteiger partial charge in [0.25, 0.3) is 5.91 Å². The zero-order chi connectivity index (χ0) is 15.4. The van der Waals surface area contributed by atoms with E-state index in [9.17, 15) is 9.18 Å². The lowest BCUT2D eigenvalue weighted by molar-refractivity contribution is 0.102. The topological polar surface area (TPSA) is 77.2 Å². The number of rotatable bonds is 4. The lowest BCUT2D eigenvalue weighted by atomic mass is 10.2. The van der Waals surface area contributed by atoms with Crippen LogP contribution in [0.15, 0.2) is 36.5 Å². The normalized spacial score (nSPS) is 10.5. The summed E-state index contributed by atoms with van der Waals surface area (Å²) in [6.45, 7) is 3.85. The number of carbonyl (C=O) groups is 1. The first-order valence-electron chi connectivity index (χ1n) is 6.45. The highest BCUT2D eigenvalue weighted by Gasteiger charge is 2.12. The highest BCUT2D eigenvalue weighted by Crippen LogP contribution is 2.18. The molecule has 1 aromatic heterocycles. The standard InChI is InChI=1S/C15H16FN3O2/c1-9(2)21-12-5-3-11(4-6-12)19-15(20)13-7-10(16)8-18-14(13)17/h3-9H,1-2H3,(H2,17,18)(H,19,20). The van der Waals surface area contributed by atoms with E-state index in [1.807, 2.05) is 13.8 Å². The average molecular weight is 289 g/mol. The van der Waals surface area contributed by atoms with Gasteiger partial charge in [0.2, 0.25) is 0 Å². The summed E-state index contributed by atoms with van der Waals surface area (Å²) in [4.78, 5) is 15.6. The van der Waals surface area contributed by atoms with Crippen LogP contribution in [0.3, 0.4) is 0 Å². The predicted molar refractivity (Wildman–Crippen MR) is 78.8 cm³/mol. The van der Waals surface area contributed by atoms with Gasteiger partial charge in [0, 0.05) is 5.69 Å². The number of hydrogen-bond donors (Lipinski definition) is 2. The minimum atomic E-state index is -0.616. The van der Waals surface area contributed by atoms with Gasteiger partial charge in [-0.2, -0.15) is 0 Å². The Morgan fingerprint density at radius 1 is 1.33 bits per heavy atom. The Morgan fingerprint density at radius 3 is 2.62 bits per heavy atom. The van der Waals surface area contributed by atoms with Gasteiger partial charge in [0.05, 0.1) is 17.9 Å². The summed E-state index contributed by atoms with van der Waals surface area (Å²) >= 11 is 0. The van der Waals surface area contributed by atoms with Crippen molar-refractivity contribution < 1.29 is 13.9 Å². The molecule has 110 valence electrons. The fraction of sp³-hybridized carbons (Fsp3) is 0.200. The van der Waals surface area contributed by atoms with Crippen LogP contribution in [0, 0.1) is 5.82 Å². The third-order valence-electron chi connectivity index (χ3n) is 2.61. The Labute approximate surface area is 121 Å². The number of ether oxygens (including phenoxy) is 1. The summed E-state index contributed by atoms with van der Waals surface area (Å²) in [5.74, 6) is -0.448. The van der Waals surface area contributed by atoms with Gasteiger partial charge >= 0.3 is 0 Å². The van der Waals surface area contributed by atoms with Crippen LogP contribution in [0.5, 0.6) is 5.75 Å². The van der Waals surface area contributed by atoms with Crippen molar-refractivity contribution in [2.45, 2.75) is 20.0 Å². The number of nitrogen functional groups attached to an aromatic ring is 1. The van der Waals surface area contributed by atoms with E-state index in [0.717, 1.165) is 12.3 Å². The van der Waals surface area contributed by atoms with Crippen LogP contribution in [0.25, 0.3) is 0 Å². The van der Waals surface area contributed by atoms with E-state index in [4.69, 9.17) is 10.5 Å². The predicted octanol–water partition coefficient (Wildman–Crippen LogP) is 2.84. The van der Waals surface area contributed by atoms with Crippen molar-refractivity contribution in [1.82, 2.24) is 4.98 Å². The molecule has 0 radical (unpaired) electrons. The Hall–Kier alpha value is -2.63. The van der Waals surface area contributed by atoms with Crippen molar-refractivity contribution in [3.63, 3.8) is 0 Å². The monoisotopic (exact) mass is 289 g/mol. The molecular formula is C15H16FN3O2. The Balaban J connectivity index is 2.10. The third-order valence-corrected chi connectivity index (χ3v) is 2.61. The quantitative estimate of drug-likeness (QED) is 0.907. The van der Waals surface area contributed by atoms with Crippen LogP contribution in [0.1, 0.15) is 24.2 Å². The molecule has 0 aliphatic heterocycles. The first-order chi connectivity index (χ1) is 9.95. The van der Waals surface area contributed by atoms with E-state index >= 15 is 0 Å². The number of anilines is 2. The molecule has 0 saturated heterocycles. The fourth-order valence-electron chi connectivity index (χ4n) is 1.72. The number of halogens is 1. The van der Waals surface area contributed by atoms with E-state index in [1.54, 1.807) is 24.3 Å². The fourth-order valence-corrected chi connectivity index (χ4v) is 1.72. The second-order valence-corrected chi connectivity index (χ2v) is 4.73. The number of nitrogens with two attached hydrogens (primary N) is 1. The molecule has 1 amide bonds. The van der Waals surface area contributed by atoms with Crippen LogP contribution < -0.4 is 15.8 Å². The molecule has 0 saturated carbocycles. The number of benzene rings is 1. The zero-order valence-corrected chi connectivity index (χ0v) is 11.8. The summed E-state index contributed by atoms with van der Waals surface area (Å²) in [7, 11) is 0. The van der Waals surface area contributed by atoms with Gasteiger partial charge in [-0.3, -0.25) is 4.79 Å².